The zero-order valence-corrected chi connectivity index (χ0v) is 12.1. The minimum Gasteiger partial charge on any atom is -0.217 e. The number of hydrogen-bond acceptors (Lipinski definition) is 3. The van der Waals surface area contributed by atoms with Gasteiger partial charge in [-0.3, -0.25) is 0 Å². The van der Waals surface area contributed by atoms with Gasteiger partial charge in [0.15, 0.2) is 11.6 Å². The summed E-state index contributed by atoms with van der Waals surface area (Å²) in [4.78, 5) is 10.3. The molecule has 0 radical (unpaired) electrons. The molecule has 0 atom stereocenters. The number of aryl methyl sites for hydroxylation is 1. The normalized spacial score (nSPS) is 11.2. The molecule has 2 heterocycles. The van der Waals surface area contributed by atoms with Gasteiger partial charge < -0.3 is 0 Å². The van der Waals surface area contributed by atoms with Crippen molar-refractivity contribution >= 4 is 44.8 Å². The molecule has 96 valence electrons. The van der Waals surface area contributed by atoms with Gasteiger partial charge in [0.25, 0.3) is 0 Å². The largest absolute Gasteiger partial charge is 0.217 e. The Morgan fingerprint density at radius 1 is 1.21 bits per heavy atom. The number of thiophene rings is 1. The molecule has 1 aromatic carbocycles. The highest BCUT2D eigenvalue weighted by atomic mass is 35.5. The highest BCUT2D eigenvalue weighted by Crippen LogP contribution is 2.32. The third-order valence-electron chi connectivity index (χ3n) is 2.66. The van der Waals surface area contributed by atoms with Gasteiger partial charge in [0.2, 0.25) is 0 Å². The van der Waals surface area contributed by atoms with E-state index in [9.17, 15) is 4.39 Å². The molecule has 0 aliphatic rings. The molecule has 2 nitrogen and oxygen atoms in total. The van der Waals surface area contributed by atoms with Crippen LogP contribution in [0.25, 0.3) is 21.6 Å². The minimum absolute atomic E-state index is 0.0414. The van der Waals surface area contributed by atoms with Crippen LogP contribution in [0.15, 0.2) is 24.3 Å². The van der Waals surface area contributed by atoms with Gasteiger partial charge in [-0.25, -0.2) is 14.4 Å². The van der Waals surface area contributed by atoms with Gasteiger partial charge in [0.1, 0.15) is 9.98 Å². The molecule has 6 heteroatoms. The Morgan fingerprint density at radius 2 is 2.00 bits per heavy atom. The zero-order valence-electron chi connectivity index (χ0n) is 9.75. The summed E-state index contributed by atoms with van der Waals surface area (Å²) in [6, 6.07) is 6.64. The maximum Gasteiger partial charge on any atom is 0.165 e. The fourth-order valence-corrected chi connectivity index (χ4v) is 3.14. The number of fused-ring (bicyclic) bond motifs is 1. The van der Waals surface area contributed by atoms with Crippen molar-refractivity contribution in [2.24, 2.45) is 0 Å². The second kappa shape index (κ2) is 4.71. The number of hydrogen-bond donors (Lipinski definition) is 0. The van der Waals surface area contributed by atoms with Crippen molar-refractivity contribution in [3.05, 3.63) is 45.1 Å². The number of rotatable bonds is 1. The topological polar surface area (TPSA) is 25.8 Å². The van der Waals surface area contributed by atoms with E-state index in [-0.39, 0.29) is 16.4 Å². The van der Waals surface area contributed by atoms with Crippen molar-refractivity contribution in [1.82, 2.24) is 9.97 Å². The van der Waals surface area contributed by atoms with Crippen molar-refractivity contribution in [2.45, 2.75) is 6.92 Å². The van der Waals surface area contributed by atoms with E-state index in [0.29, 0.717) is 5.15 Å². The van der Waals surface area contributed by atoms with E-state index in [1.807, 2.05) is 13.0 Å². The van der Waals surface area contributed by atoms with E-state index >= 15 is 0 Å². The molecule has 19 heavy (non-hydrogen) atoms. The van der Waals surface area contributed by atoms with Crippen LogP contribution in [0.2, 0.25) is 10.2 Å². The lowest BCUT2D eigenvalue weighted by Gasteiger charge is -2.04. The summed E-state index contributed by atoms with van der Waals surface area (Å²) in [5.74, 6) is -0.285. The van der Waals surface area contributed by atoms with Gasteiger partial charge in [-0.1, -0.05) is 29.3 Å². The van der Waals surface area contributed by atoms with Crippen molar-refractivity contribution in [3.8, 4) is 11.4 Å². The Balaban J connectivity index is 2.28. The van der Waals surface area contributed by atoms with Crippen molar-refractivity contribution in [1.29, 1.82) is 0 Å². The molecule has 0 bridgehead atoms. The highest BCUT2D eigenvalue weighted by molar-refractivity contribution is 7.18. The number of aromatic nitrogens is 2. The number of halogens is 3. The Bertz CT molecular complexity index is 786. The molecule has 2 aromatic heterocycles. The van der Waals surface area contributed by atoms with E-state index in [1.54, 1.807) is 12.1 Å². The minimum atomic E-state index is -0.534. The quantitative estimate of drug-likeness (QED) is 0.583. The molecular weight excluding hydrogens is 306 g/mol. The van der Waals surface area contributed by atoms with Gasteiger partial charge in [0.05, 0.1) is 10.6 Å². The van der Waals surface area contributed by atoms with Crippen LogP contribution < -0.4 is 0 Å². The first-order valence-corrected chi connectivity index (χ1v) is 7.01. The SMILES string of the molecule is Cc1cc2c(Cl)nc(-c3cccc(Cl)c3F)nc2s1. The first-order valence-electron chi connectivity index (χ1n) is 5.44. The van der Waals surface area contributed by atoms with Crippen molar-refractivity contribution in [2.75, 3.05) is 0 Å². The standard InChI is InChI=1S/C13H7Cl2FN2S/c1-6-5-8-11(15)17-12(18-13(8)19-6)7-3-2-4-9(14)10(7)16/h2-5H,1H3. The van der Waals surface area contributed by atoms with Crippen LogP contribution >= 0.6 is 34.5 Å². The van der Waals surface area contributed by atoms with Crippen LogP contribution in [0.4, 0.5) is 4.39 Å². The zero-order chi connectivity index (χ0) is 13.6. The summed E-state index contributed by atoms with van der Waals surface area (Å²) in [7, 11) is 0. The lowest BCUT2D eigenvalue weighted by molar-refractivity contribution is 0.630. The van der Waals surface area contributed by atoms with E-state index < -0.39 is 5.82 Å². The van der Waals surface area contributed by atoms with Gasteiger partial charge in [0, 0.05) is 10.3 Å². The van der Waals surface area contributed by atoms with Gasteiger partial charge in [-0.05, 0) is 25.1 Å². The van der Waals surface area contributed by atoms with E-state index in [1.165, 1.54) is 17.4 Å². The summed E-state index contributed by atoms with van der Waals surface area (Å²) in [5.41, 5.74) is 0.252. The first kappa shape index (κ1) is 12.8. The average molecular weight is 313 g/mol. The van der Waals surface area contributed by atoms with Gasteiger partial charge >= 0.3 is 0 Å². The Morgan fingerprint density at radius 3 is 2.79 bits per heavy atom. The maximum atomic E-state index is 14.0. The Labute approximate surface area is 122 Å². The summed E-state index contributed by atoms with van der Waals surface area (Å²) >= 11 is 13.4. The molecule has 0 fully saturated rings. The van der Waals surface area contributed by atoms with E-state index in [4.69, 9.17) is 23.2 Å². The molecule has 3 rings (SSSR count). The second-order valence-corrected chi connectivity index (χ2v) is 6.02. The predicted octanol–water partition coefficient (Wildman–Crippen LogP) is 5.11. The third-order valence-corrected chi connectivity index (χ3v) is 4.19. The summed E-state index contributed by atoms with van der Waals surface area (Å²) in [6.07, 6.45) is 0. The molecule has 0 amide bonds. The first-order chi connectivity index (χ1) is 9.06. The average Bonchev–Trinajstić information content (AvgIpc) is 2.74. The van der Waals surface area contributed by atoms with Gasteiger partial charge in [-0.15, -0.1) is 11.3 Å². The van der Waals surface area contributed by atoms with Crippen LogP contribution in [0.1, 0.15) is 4.88 Å². The van der Waals surface area contributed by atoms with E-state index in [0.717, 1.165) is 15.1 Å². The molecule has 0 unspecified atom stereocenters. The second-order valence-electron chi connectivity index (χ2n) is 4.02. The van der Waals surface area contributed by atoms with Crippen molar-refractivity contribution in [3.63, 3.8) is 0 Å². The highest BCUT2D eigenvalue weighted by Gasteiger charge is 2.14. The Kier molecular flexibility index (Phi) is 3.17. The lowest BCUT2D eigenvalue weighted by atomic mass is 10.2. The molecule has 0 N–H and O–H groups in total. The summed E-state index contributed by atoms with van der Waals surface area (Å²) in [5, 5.41) is 1.15. The molecular formula is C13H7Cl2FN2S. The molecule has 0 saturated heterocycles. The lowest BCUT2D eigenvalue weighted by Crippen LogP contribution is -1.93. The van der Waals surface area contributed by atoms with Crippen LogP contribution in [-0.4, -0.2) is 9.97 Å². The van der Waals surface area contributed by atoms with Crippen LogP contribution in [0, 0.1) is 12.7 Å². The monoisotopic (exact) mass is 312 g/mol. The fraction of sp³-hybridized carbons (Fsp3) is 0.0769. The molecule has 3 aromatic rings. The molecule has 0 saturated carbocycles. The van der Waals surface area contributed by atoms with Crippen LogP contribution in [0.3, 0.4) is 0 Å². The smallest absolute Gasteiger partial charge is 0.165 e. The molecule has 0 aliphatic carbocycles. The number of benzene rings is 1. The maximum absolute atomic E-state index is 14.0. The predicted molar refractivity (Wildman–Crippen MR) is 77.6 cm³/mol. The summed E-state index contributed by atoms with van der Waals surface area (Å²) < 4.78 is 14.0. The summed E-state index contributed by atoms with van der Waals surface area (Å²) in [6.45, 7) is 1.96. The fourth-order valence-electron chi connectivity index (χ4n) is 1.80. The third kappa shape index (κ3) is 2.20. The molecule has 0 aliphatic heterocycles. The van der Waals surface area contributed by atoms with E-state index in [2.05, 4.69) is 9.97 Å². The Hall–Kier alpha value is -1.23. The number of nitrogens with zero attached hydrogens (tertiary/aromatic N) is 2. The van der Waals surface area contributed by atoms with Crippen LogP contribution in [-0.2, 0) is 0 Å². The van der Waals surface area contributed by atoms with Gasteiger partial charge in [-0.2, -0.15) is 0 Å². The van der Waals surface area contributed by atoms with Crippen molar-refractivity contribution < 1.29 is 4.39 Å². The van der Waals surface area contributed by atoms with Crippen LogP contribution in [0.5, 0.6) is 0 Å². The molecule has 0 spiro atoms.